The summed E-state index contributed by atoms with van der Waals surface area (Å²) in [7, 11) is 0. The molecule has 0 saturated heterocycles. The van der Waals surface area contributed by atoms with E-state index < -0.39 is 11.9 Å². The molecule has 0 saturated carbocycles. The number of rotatable bonds is 3. The van der Waals surface area contributed by atoms with E-state index in [1.807, 2.05) is 0 Å². The molecule has 0 unspecified atom stereocenters. The van der Waals surface area contributed by atoms with Crippen molar-refractivity contribution in [2.75, 3.05) is 0 Å². The minimum Gasteiger partial charge on any atom is -0.478 e. The second-order valence-electron chi connectivity index (χ2n) is 4.02. The van der Waals surface area contributed by atoms with E-state index in [0.29, 0.717) is 5.57 Å². The Balaban J connectivity index is 3.33. The summed E-state index contributed by atoms with van der Waals surface area (Å²) in [6, 6.07) is 3.16. The summed E-state index contributed by atoms with van der Waals surface area (Å²) >= 11 is 0. The third kappa shape index (κ3) is 2.93. The first-order valence-corrected chi connectivity index (χ1v) is 5.15. The van der Waals surface area contributed by atoms with Gasteiger partial charge in [-0.05, 0) is 55.7 Å². The highest BCUT2D eigenvalue weighted by molar-refractivity contribution is 5.96. The summed E-state index contributed by atoms with van der Waals surface area (Å²) in [5.74, 6) is -1.44. The quantitative estimate of drug-likeness (QED) is 0.782. The van der Waals surface area contributed by atoms with Crippen LogP contribution in [-0.2, 0) is 4.79 Å². The molecule has 0 heterocycles. The van der Waals surface area contributed by atoms with Crippen LogP contribution >= 0.6 is 0 Å². The highest BCUT2D eigenvalue weighted by Crippen LogP contribution is 2.19. The maximum atomic E-state index is 11.0. The molecule has 0 bridgehead atoms. The zero-order valence-corrected chi connectivity index (χ0v) is 10.1. The van der Waals surface area contributed by atoms with Gasteiger partial charge >= 0.3 is 5.97 Å². The van der Waals surface area contributed by atoms with Gasteiger partial charge in [0.25, 0.3) is 0 Å². The van der Waals surface area contributed by atoms with Crippen molar-refractivity contribution in [3.8, 4) is 0 Å². The average molecular weight is 233 g/mol. The minimum absolute atomic E-state index is 0.244. The van der Waals surface area contributed by atoms with Crippen LogP contribution in [0.5, 0.6) is 0 Å². The van der Waals surface area contributed by atoms with Gasteiger partial charge in [0.2, 0.25) is 5.91 Å². The smallest absolute Gasteiger partial charge is 0.335 e. The number of carboxylic acids is 1. The SMILES string of the molecule is CC(=Cc1c(C)cc(C(=O)O)cc1C)C(N)=O. The molecule has 0 aliphatic heterocycles. The van der Waals surface area contributed by atoms with Gasteiger partial charge < -0.3 is 10.8 Å². The van der Waals surface area contributed by atoms with Crippen molar-refractivity contribution in [3.63, 3.8) is 0 Å². The van der Waals surface area contributed by atoms with Gasteiger partial charge in [-0.3, -0.25) is 4.79 Å². The molecule has 4 nitrogen and oxygen atoms in total. The van der Waals surface area contributed by atoms with Crippen LogP contribution in [0.1, 0.15) is 34.0 Å². The summed E-state index contributed by atoms with van der Waals surface area (Å²) in [5.41, 5.74) is 8.30. The molecule has 0 atom stereocenters. The average Bonchev–Trinajstić information content (AvgIpc) is 2.22. The van der Waals surface area contributed by atoms with Crippen molar-refractivity contribution < 1.29 is 14.7 Å². The van der Waals surface area contributed by atoms with Crippen molar-refractivity contribution in [1.82, 2.24) is 0 Å². The topological polar surface area (TPSA) is 80.4 Å². The number of hydrogen-bond acceptors (Lipinski definition) is 2. The first-order valence-electron chi connectivity index (χ1n) is 5.15. The van der Waals surface area contributed by atoms with Crippen LogP contribution in [0.2, 0.25) is 0 Å². The molecule has 1 rings (SSSR count). The normalized spacial score (nSPS) is 11.4. The van der Waals surface area contributed by atoms with Crippen LogP contribution in [0.4, 0.5) is 0 Å². The summed E-state index contributed by atoms with van der Waals surface area (Å²) in [6.07, 6.45) is 1.68. The molecule has 1 amide bonds. The summed E-state index contributed by atoms with van der Waals surface area (Å²) in [5, 5.41) is 8.91. The first kappa shape index (κ1) is 13.0. The molecule has 3 N–H and O–H groups in total. The van der Waals surface area contributed by atoms with Crippen LogP contribution in [0.15, 0.2) is 17.7 Å². The van der Waals surface area contributed by atoms with Crippen LogP contribution in [-0.4, -0.2) is 17.0 Å². The van der Waals surface area contributed by atoms with Gasteiger partial charge in [0, 0.05) is 5.57 Å². The van der Waals surface area contributed by atoms with Crippen molar-refractivity contribution >= 4 is 18.0 Å². The molecule has 90 valence electrons. The fourth-order valence-corrected chi connectivity index (χ4v) is 1.61. The Morgan fingerprint density at radius 2 is 1.71 bits per heavy atom. The molecule has 1 aromatic carbocycles. The molecule has 0 aliphatic carbocycles. The predicted octanol–water partition coefficient (Wildman–Crippen LogP) is 1.89. The van der Waals surface area contributed by atoms with Gasteiger partial charge in [0.1, 0.15) is 0 Å². The highest BCUT2D eigenvalue weighted by Gasteiger charge is 2.09. The fraction of sp³-hybridized carbons (Fsp3) is 0.231. The number of hydrogen-bond donors (Lipinski definition) is 2. The van der Waals surface area contributed by atoms with E-state index in [-0.39, 0.29) is 5.56 Å². The molecule has 0 aliphatic rings. The number of benzene rings is 1. The molecule has 0 fully saturated rings. The molecule has 4 heteroatoms. The van der Waals surface area contributed by atoms with E-state index in [2.05, 4.69) is 0 Å². The van der Waals surface area contributed by atoms with E-state index in [1.54, 1.807) is 39.0 Å². The van der Waals surface area contributed by atoms with Crippen molar-refractivity contribution in [2.24, 2.45) is 5.73 Å². The number of carbonyl (C=O) groups is 2. The summed E-state index contributed by atoms with van der Waals surface area (Å²) in [6.45, 7) is 5.24. The molecule has 0 aromatic heterocycles. The van der Waals surface area contributed by atoms with Gasteiger partial charge in [-0.15, -0.1) is 0 Å². The largest absolute Gasteiger partial charge is 0.478 e. The van der Waals surface area contributed by atoms with Crippen LogP contribution in [0.25, 0.3) is 6.08 Å². The summed E-state index contributed by atoms with van der Waals surface area (Å²) in [4.78, 5) is 21.8. The van der Waals surface area contributed by atoms with Crippen LogP contribution in [0, 0.1) is 13.8 Å². The summed E-state index contributed by atoms with van der Waals surface area (Å²) < 4.78 is 0. The molecule has 0 spiro atoms. The number of nitrogens with two attached hydrogens (primary N) is 1. The van der Waals surface area contributed by atoms with E-state index in [1.165, 1.54) is 0 Å². The van der Waals surface area contributed by atoms with E-state index >= 15 is 0 Å². The Morgan fingerprint density at radius 1 is 1.24 bits per heavy atom. The Morgan fingerprint density at radius 3 is 2.06 bits per heavy atom. The van der Waals surface area contributed by atoms with Gasteiger partial charge in [-0.2, -0.15) is 0 Å². The monoisotopic (exact) mass is 233 g/mol. The van der Waals surface area contributed by atoms with Gasteiger partial charge in [-0.1, -0.05) is 0 Å². The Labute approximate surface area is 99.8 Å². The number of aromatic carboxylic acids is 1. The van der Waals surface area contributed by atoms with E-state index in [9.17, 15) is 9.59 Å². The molecular weight excluding hydrogens is 218 g/mol. The molecular formula is C13H15NO3. The molecule has 0 radical (unpaired) electrons. The lowest BCUT2D eigenvalue weighted by molar-refractivity contribution is -0.114. The minimum atomic E-state index is -0.960. The van der Waals surface area contributed by atoms with Crippen molar-refractivity contribution in [3.05, 3.63) is 40.0 Å². The van der Waals surface area contributed by atoms with Crippen molar-refractivity contribution in [2.45, 2.75) is 20.8 Å². The zero-order valence-electron chi connectivity index (χ0n) is 10.1. The highest BCUT2D eigenvalue weighted by atomic mass is 16.4. The Kier molecular flexibility index (Phi) is 3.68. The third-order valence-corrected chi connectivity index (χ3v) is 2.59. The number of primary amides is 1. The molecule has 1 aromatic rings. The second-order valence-corrected chi connectivity index (χ2v) is 4.02. The number of amides is 1. The number of carboxylic acid groups (broad SMARTS) is 1. The Bertz CT molecular complexity index is 492. The predicted molar refractivity (Wildman–Crippen MR) is 65.7 cm³/mol. The zero-order chi connectivity index (χ0) is 13.2. The van der Waals surface area contributed by atoms with Crippen molar-refractivity contribution in [1.29, 1.82) is 0 Å². The lowest BCUT2D eigenvalue weighted by Crippen LogP contribution is -2.11. The first-order chi connectivity index (χ1) is 7.82. The Hall–Kier alpha value is -2.10. The second kappa shape index (κ2) is 4.82. The van der Waals surface area contributed by atoms with E-state index in [0.717, 1.165) is 16.7 Å². The lowest BCUT2D eigenvalue weighted by atomic mass is 9.97. The van der Waals surface area contributed by atoms with Gasteiger partial charge in [0.15, 0.2) is 0 Å². The van der Waals surface area contributed by atoms with E-state index in [4.69, 9.17) is 10.8 Å². The number of carbonyl (C=O) groups excluding carboxylic acids is 1. The molecule has 17 heavy (non-hydrogen) atoms. The maximum absolute atomic E-state index is 11.0. The third-order valence-electron chi connectivity index (χ3n) is 2.59. The van der Waals surface area contributed by atoms with Crippen LogP contribution < -0.4 is 5.73 Å². The van der Waals surface area contributed by atoms with Gasteiger partial charge in [0.05, 0.1) is 5.56 Å². The lowest BCUT2D eigenvalue weighted by Gasteiger charge is -2.08. The van der Waals surface area contributed by atoms with Crippen LogP contribution in [0.3, 0.4) is 0 Å². The number of aryl methyl sites for hydroxylation is 2. The maximum Gasteiger partial charge on any atom is 0.335 e. The fourth-order valence-electron chi connectivity index (χ4n) is 1.61. The standard InChI is InChI=1S/C13H15NO3/c1-7-4-10(13(16)17)5-8(2)11(7)6-9(3)12(14)15/h4-6H,1-3H3,(H2,14,15)(H,16,17). The van der Waals surface area contributed by atoms with Gasteiger partial charge in [-0.25, -0.2) is 4.79 Å².